The molecule has 0 unspecified atom stereocenters. The Hall–Kier alpha value is -3.46. The lowest BCUT2D eigenvalue weighted by Gasteiger charge is -2.04. The van der Waals surface area contributed by atoms with Gasteiger partial charge in [-0.15, -0.1) is 0 Å². The molecule has 0 N–H and O–H groups in total. The second-order valence-corrected chi connectivity index (χ2v) is 5.94. The fourth-order valence-electron chi connectivity index (χ4n) is 2.38. The first-order valence-electron chi connectivity index (χ1n) is 8.34. The zero-order valence-electron chi connectivity index (χ0n) is 14.6. The molecular weight excluding hydrogens is 324 g/mol. The second-order valence-electron chi connectivity index (χ2n) is 5.94. The molecule has 6 heteroatoms. The van der Waals surface area contributed by atoms with Crippen LogP contribution in [0.5, 0.6) is 0 Å². The summed E-state index contributed by atoms with van der Waals surface area (Å²) in [5.41, 5.74) is 20.2. The summed E-state index contributed by atoms with van der Waals surface area (Å²) in [6.45, 7) is 2.21. The highest BCUT2D eigenvalue weighted by molar-refractivity contribution is 5.54. The maximum atomic E-state index is 8.39. The van der Waals surface area contributed by atoms with Crippen LogP contribution in [0.3, 0.4) is 0 Å². The molecule has 0 atom stereocenters. The van der Waals surface area contributed by atoms with Crippen LogP contribution in [-0.2, 0) is 0 Å². The molecule has 0 aromatic heterocycles. The Morgan fingerprint density at radius 2 is 1.15 bits per heavy atom. The van der Waals surface area contributed by atoms with Gasteiger partial charge in [0.05, 0.1) is 0 Å². The molecule has 0 spiro atoms. The number of azide groups is 2. The summed E-state index contributed by atoms with van der Waals surface area (Å²) in [6, 6.07) is 15.0. The summed E-state index contributed by atoms with van der Waals surface area (Å²) in [5.74, 6) is 0.535. The predicted octanol–water partition coefficient (Wildman–Crippen LogP) is 7.71. The summed E-state index contributed by atoms with van der Waals surface area (Å²) < 4.78 is 0. The first kappa shape index (κ1) is 18.9. The third kappa shape index (κ3) is 6.57. The average Bonchev–Trinajstić information content (AvgIpc) is 2.65. The van der Waals surface area contributed by atoms with Crippen molar-refractivity contribution in [3.63, 3.8) is 0 Å². The van der Waals surface area contributed by atoms with Crippen molar-refractivity contribution >= 4 is 23.5 Å². The fourth-order valence-corrected chi connectivity index (χ4v) is 2.38. The van der Waals surface area contributed by atoms with Crippen molar-refractivity contribution < 1.29 is 0 Å². The third-order valence-electron chi connectivity index (χ3n) is 3.80. The molecule has 0 heterocycles. The third-order valence-corrected chi connectivity index (χ3v) is 3.80. The minimum atomic E-state index is 0.535. The van der Waals surface area contributed by atoms with Crippen molar-refractivity contribution in [3.8, 4) is 0 Å². The van der Waals surface area contributed by atoms with Crippen LogP contribution in [0.4, 0.5) is 11.4 Å². The van der Waals surface area contributed by atoms with Crippen LogP contribution in [-0.4, -0.2) is 0 Å². The van der Waals surface area contributed by atoms with E-state index in [4.69, 9.17) is 11.1 Å². The molecular formula is C20H20N6. The lowest BCUT2D eigenvalue weighted by Crippen LogP contribution is -1.89. The Morgan fingerprint density at radius 1 is 0.769 bits per heavy atom. The lowest BCUT2D eigenvalue weighted by atomic mass is 10.0. The number of hydrogen-bond donors (Lipinski definition) is 0. The van der Waals surface area contributed by atoms with Gasteiger partial charge in [-0.2, -0.15) is 0 Å². The summed E-state index contributed by atoms with van der Waals surface area (Å²) in [5, 5.41) is 7.11. The number of benzene rings is 2. The Balaban J connectivity index is 1.79. The first-order chi connectivity index (χ1) is 12.7. The van der Waals surface area contributed by atoms with Crippen molar-refractivity contribution in [1.29, 1.82) is 0 Å². The van der Waals surface area contributed by atoms with E-state index in [9.17, 15) is 0 Å². The lowest BCUT2D eigenvalue weighted by molar-refractivity contribution is 0.605. The Kier molecular flexibility index (Phi) is 7.56. The highest BCUT2D eigenvalue weighted by atomic mass is 15.1. The van der Waals surface area contributed by atoms with E-state index in [1.165, 1.54) is 0 Å². The van der Waals surface area contributed by atoms with Crippen LogP contribution in [0, 0.1) is 5.92 Å². The monoisotopic (exact) mass is 344 g/mol. The Bertz CT molecular complexity index is 779. The van der Waals surface area contributed by atoms with Gasteiger partial charge in [-0.1, -0.05) is 90.0 Å². The molecule has 2 aromatic rings. The van der Waals surface area contributed by atoms with Crippen molar-refractivity contribution in [2.75, 3.05) is 0 Å². The molecule has 0 fully saturated rings. The van der Waals surface area contributed by atoms with E-state index in [2.05, 4.69) is 51.3 Å². The van der Waals surface area contributed by atoms with Gasteiger partial charge in [0.15, 0.2) is 0 Å². The number of hydrogen-bond acceptors (Lipinski definition) is 2. The molecule has 0 amide bonds. The van der Waals surface area contributed by atoms with Gasteiger partial charge < -0.3 is 0 Å². The maximum absolute atomic E-state index is 8.39. The Labute approximate surface area is 152 Å². The fraction of sp³-hybridized carbons (Fsp3) is 0.200. The van der Waals surface area contributed by atoms with E-state index < -0.39 is 0 Å². The molecule has 0 aliphatic rings. The minimum absolute atomic E-state index is 0.535. The zero-order chi connectivity index (χ0) is 18.6. The van der Waals surface area contributed by atoms with Gasteiger partial charge in [0.1, 0.15) is 0 Å². The van der Waals surface area contributed by atoms with Gasteiger partial charge in [-0.05, 0) is 40.9 Å². The highest BCUT2D eigenvalue weighted by Crippen LogP contribution is 2.17. The van der Waals surface area contributed by atoms with Crippen molar-refractivity contribution in [2.45, 2.75) is 19.8 Å². The van der Waals surface area contributed by atoms with E-state index >= 15 is 0 Å². The maximum Gasteiger partial charge on any atom is 0.0375 e. The average molecular weight is 344 g/mol. The van der Waals surface area contributed by atoms with E-state index in [1.807, 2.05) is 24.3 Å². The van der Waals surface area contributed by atoms with Gasteiger partial charge >= 0.3 is 0 Å². The van der Waals surface area contributed by atoms with Gasteiger partial charge in [0.2, 0.25) is 0 Å². The molecule has 0 radical (unpaired) electrons. The van der Waals surface area contributed by atoms with Crippen molar-refractivity contribution in [3.05, 3.63) is 92.7 Å². The van der Waals surface area contributed by atoms with E-state index in [0.29, 0.717) is 17.3 Å². The van der Waals surface area contributed by atoms with Gasteiger partial charge in [0, 0.05) is 21.2 Å². The van der Waals surface area contributed by atoms with Gasteiger partial charge in [0.25, 0.3) is 0 Å². The normalized spacial score (nSPS) is 11.9. The topological polar surface area (TPSA) is 97.5 Å². The molecule has 0 saturated heterocycles. The van der Waals surface area contributed by atoms with Gasteiger partial charge in [-0.25, -0.2) is 0 Å². The minimum Gasteiger partial charge on any atom is -0.0837 e. The molecule has 130 valence electrons. The quantitative estimate of drug-likeness (QED) is 0.266. The van der Waals surface area contributed by atoms with E-state index in [0.717, 1.165) is 24.0 Å². The molecule has 0 bridgehead atoms. The van der Waals surface area contributed by atoms with Crippen LogP contribution in [0.15, 0.2) is 70.9 Å². The van der Waals surface area contributed by atoms with Crippen LogP contribution in [0.25, 0.3) is 33.0 Å². The summed E-state index contributed by atoms with van der Waals surface area (Å²) >= 11 is 0. The summed E-state index contributed by atoms with van der Waals surface area (Å²) in [7, 11) is 0. The molecule has 26 heavy (non-hydrogen) atoms. The largest absolute Gasteiger partial charge is 0.0837 e. The predicted molar refractivity (Wildman–Crippen MR) is 107 cm³/mol. The first-order valence-corrected chi connectivity index (χ1v) is 8.34. The second kappa shape index (κ2) is 10.4. The van der Waals surface area contributed by atoms with Crippen LogP contribution >= 0.6 is 0 Å². The van der Waals surface area contributed by atoms with Crippen LogP contribution < -0.4 is 0 Å². The molecule has 0 saturated carbocycles. The number of nitrogens with zero attached hydrogens (tertiary/aromatic N) is 6. The molecule has 2 rings (SSSR count). The molecule has 0 aliphatic carbocycles. The number of allylic oxidation sites excluding steroid dienone is 2. The summed E-state index contributed by atoms with van der Waals surface area (Å²) in [4.78, 5) is 5.53. The number of rotatable bonds is 8. The van der Waals surface area contributed by atoms with E-state index in [-0.39, 0.29) is 0 Å². The standard InChI is InChI=1S/C20H20N6/c1-16(4-2-6-17-8-12-19(13-9-17)23-25-21)5-3-7-18-10-14-20(15-11-18)24-26-22/h2-3,6-16H,4-5H2,1H3/b6-2+,7-3+. The van der Waals surface area contributed by atoms with E-state index in [1.54, 1.807) is 24.3 Å². The highest BCUT2D eigenvalue weighted by Gasteiger charge is 1.97. The van der Waals surface area contributed by atoms with Gasteiger partial charge in [-0.3, -0.25) is 0 Å². The smallest absolute Gasteiger partial charge is 0.0375 e. The zero-order valence-corrected chi connectivity index (χ0v) is 14.6. The Morgan fingerprint density at radius 3 is 1.50 bits per heavy atom. The molecule has 6 nitrogen and oxygen atoms in total. The molecule has 2 aromatic carbocycles. The SMILES string of the molecule is CC(C/C=C/c1ccc(N=[N+]=[N-])cc1)C/C=C/c1ccc(N=[N+]=[N-])cc1. The summed E-state index contributed by atoms with van der Waals surface area (Å²) in [6.07, 6.45) is 10.4. The molecule has 0 aliphatic heterocycles. The van der Waals surface area contributed by atoms with Crippen molar-refractivity contribution in [2.24, 2.45) is 16.1 Å². The van der Waals surface area contributed by atoms with Crippen LogP contribution in [0.2, 0.25) is 0 Å². The van der Waals surface area contributed by atoms with Crippen molar-refractivity contribution in [1.82, 2.24) is 0 Å². The van der Waals surface area contributed by atoms with Crippen LogP contribution in [0.1, 0.15) is 30.9 Å².